The number of aryl methyl sites for hydroxylation is 1. The summed E-state index contributed by atoms with van der Waals surface area (Å²) in [6.07, 6.45) is 0.225. The number of ether oxygens (including phenoxy) is 1. The van der Waals surface area contributed by atoms with Crippen molar-refractivity contribution in [2.24, 2.45) is 5.92 Å². The van der Waals surface area contributed by atoms with Crippen molar-refractivity contribution in [2.45, 2.75) is 19.4 Å². The lowest BCUT2D eigenvalue weighted by Crippen LogP contribution is -2.49. The van der Waals surface area contributed by atoms with Crippen LogP contribution >= 0.6 is 0 Å². The van der Waals surface area contributed by atoms with E-state index in [0.717, 1.165) is 11.1 Å². The second-order valence-corrected chi connectivity index (χ2v) is 7.32. The molecule has 3 rings (SSSR count). The molecule has 1 aliphatic rings. The SMILES string of the molecule is Cc1ccc(C[C@H](Nc2ccccc2[N+](=O)[O-])C(=O)OC(=O)C2CN(C)C2)cc1. The first-order valence-corrected chi connectivity index (χ1v) is 9.33. The van der Waals surface area contributed by atoms with Gasteiger partial charge >= 0.3 is 11.9 Å². The summed E-state index contributed by atoms with van der Waals surface area (Å²) in [6.45, 7) is 3.05. The molecule has 0 spiro atoms. The van der Waals surface area contributed by atoms with Crippen LogP contribution in [0.2, 0.25) is 0 Å². The number of anilines is 1. The van der Waals surface area contributed by atoms with Gasteiger partial charge in [-0.3, -0.25) is 14.9 Å². The molecule has 2 aromatic rings. The molecule has 1 saturated heterocycles. The first-order valence-electron chi connectivity index (χ1n) is 9.33. The van der Waals surface area contributed by atoms with Gasteiger partial charge in [-0.2, -0.15) is 0 Å². The molecule has 1 N–H and O–H groups in total. The van der Waals surface area contributed by atoms with E-state index in [1.165, 1.54) is 12.1 Å². The van der Waals surface area contributed by atoms with Gasteiger partial charge in [0.2, 0.25) is 0 Å². The number of nitro benzene ring substituents is 1. The van der Waals surface area contributed by atoms with E-state index in [1.54, 1.807) is 12.1 Å². The lowest BCUT2D eigenvalue weighted by Gasteiger charge is -2.34. The van der Waals surface area contributed by atoms with Gasteiger partial charge in [0.1, 0.15) is 11.7 Å². The van der Waals surface area contributed by atoms with Gasteiger partial charge in [-0.15, -0.1) is 0 Å². The Morgan fingerprint density at radius 3 is 2.48 bits per heavy atom. The molecule has 0 aliphatic carbocycles. The van der Waals surface area contributed by atoms with Crippen molar-refractivity contribution in [3.05, 3.63) is 69.8 Å². The zero-order valence-corrected chi connectivity index (χ0v) is 16.3. The van der Waals surface area contributed by atoms with Crippen LogP contribution < -0.4 is 5.32 Å². The van der Waals surface area contributed by atoms with Crippen LogP contribution in [-0.2, 0) is 20.7 Å². The smallest absolute Gasteiger partial charge is 0.336 e. The lowest BCUT2D eigenvalue weighted by molar-refractivity contribution is -0.384. The number of para-hydroxylation sites is 2. The Labute approximate surface area is 168 Å². The maximum Gasteiger partial charge on any atom is 0.336 e. The van der Waals surface area contributed by atoms with Crippen LogP contribution in [0.5, 0.6) is 0 Å². The molecule has 0 aromatic heterocycles. The van der Waals surface area contributed by atoms with Crippen molar-refractivity contribution in [1.29, 1.82) is 0 Å². The maximum atomic E-state index is 12.7. The van der Waals surface area contributed by atoms with Gasteiger partial charge in [0.15, 0.2) is 0 Å². The normalized spacial score (nSPS) is 15.2. The number of hydrogen-bond donors (Lipinski definition) is 1. The fourth-order valence-corrected chi connectivity index (χ4v) is 3.20. The van der Waals surface area contributed by atoms with Crippen molar-refractivity contribution in [2.75, 3.05) is 25.5 Å². The Hall–Kier alpha value is -3.26. The van der Waals surface area contributed by atoms with Crippen LogP contribution in [0.3, 0.4) is 0 Å². The average molecular weight is 397 g/mol. The number of nitro groups is 1. The molecule has 0 unspecified atom stereocenters. The Morgan fingerprint density at radius 2 is 1.86 bits per heavy atom. The maximum absolute atomic E-state index is 12.7. The molecule has 1 aliphatic heterocycles. The number of benzene rings is 2. The molecule has 8 nitrogen and oxygen atoms in total. The fourth-order valence-electron chi connectivity index (χ4n) is 3.20. The largest absolute Gasteiger partial charge is 0.391 e. The summed E-state index contributed by atoms with van der Waals surface area (Å²) in [5, 5.41) is 14.2. The molecule has 29 heavy (non-hydrogen) atoms. The van der Waals surface area contributed by atoms with Crippen molar-refractivity contribution in [1.82, 2.24) is 4.90 Å². The third-order valence-electron chi connectivity index (χ3n) is 4.87. The van der Waals surface area contributed by atoms with E-state index in [2.05, 4.69) is 5.32 Å². The van der Waals surface area contributed by atoms with Gasteiger partial charge in [0.05, 0.1) is 10.8 Å². The zero-order chi connectivity index (χ0) is 21.0. The molecule has 0 amide bonds. The zero-order valence-electron chi connectivity index (χ0n) is 16.3. The molecule has 2 aromatic carbocycles. The van der Waals surface area contributed by atoms with Crippen molar-refractivity contribution in [3.8, 4) is 0 Å². The summed E-state index contributed by atoms with van der Waals surface area (Å²) in [4.78, 5) is 37.7. The molecule has 8 heteroatoms. The lowest BCUT2D eigenvalue weighted by atomic mass is 10.0. The van der Waals surface area contributed by atoms with E-state index in [9.17, 15) is 19.7 Å². The minimum absolute atomic E-state index is 0.152. The average Bonchev–Trinajstić information content (AvgIpc) is 2.66. The van der Waals surface area contributed by atoms with Crippen LogP contribution in [-0.4, -0.2) is 47.9 Å². The van der Waals surface area contributed by atoms with Crippen LogP contribution in [0.15, 0.2) is 48.5 Å². The summed E-state index contributed by atoms with van der Waals surface area (Å²) in [5.74, 6) is -1.63. The number of carbonyl (C=O) groups excluding carboxylic acids is 2. The summed E-state index contributed by atoms with van der Waals surface area (Å²) in [6, 6.07) is 12.7. The Kier molecular flexibility index (Phi) is 6.23. The number of likely N-dealkylation sites (tertiary alicyclic amines) is 1. The number of carbonyl (C=O) groups is 2. The highest BCUT2D eigenvalue weighted by molar-refractivity contribution is 5.92. The minimum atomic E-state index is -0.944. The van der Waals surface area contributed by atoms with Crippen LogP contribution in [0.4, 0.5) is 11.4 Å². The highest BCUT2D eigenvalue weighted by atomic mass is 16.6. The Balaban J connectivity index is 1.79. The van der Waals surface area contributed by atoms with E-state index in [0.29, 0.717) is 13.1 Å². The minimum Gasteiger partial charge on any atom is -0.391 e. The van der Waals surface area contributed by atoms with Gasteiger partial charge in [0, 0.05) is 25.6 Å². The first-order chi connectivity index (χ1) is 13.8. The predicted octanol–water partition coefficient (Wildman–Crippen LogP) is 2.56. The Bertz CT molecular complexity index is 907. The number of hydrogen-bond acceptors (Lipinski definition) is 7. The summed E-state index contributed by atoms with van der Waals surface area (Å²) >= 11 is 0. The van der Waals surface area contributed by atoms with Crippen molar-refractivity contribution >= 4 is 23.3 Å². The highest BCUT2D eigenvalue weighted by Gasteiger charge is 2.34. The van der Waals surface area contributed by atoms with Crippen LogP contribution in [0, 0.1) is 23.0 Å². The fraction of sp³-hybridized carbons (Fsp3) is 0.333. The molecule has 0 radical (unpaired) electrons. The second kappa shape index (κ2) is 8.83. The molecule has 0 saturated carbocycles. The van der Waals surface area contributed by atoms with Gasteiger partial charge in [-0.1, -0.05) is 42.0 Å². The molecule has 1 fully saturated rings. The third-order valence-corrected chi connectivity index (χ3v) is 4.87. The van der Waals surface area contributed by atoms with Crippen molar-refractivity contribution < 1.29 is 19.2 Å². The van der Waals surface area contributed by atoms with E-state index in [4.69, 9.17) is 4.74 Å². The van der Waals surface area contributed by atoms with Gasteiger partial charge in [-0.05, 0) is 25.6 Å². The molecule has 0 bridgehead atoms. The number of nitrogens with zero attached hydrogens (tertiary/aromatic N) is 2. The van der Waals surface area contributed by atoms with E-state index >= 15 is 0 Å². The summed E-state index contributed by atoms with van der Waals surface area (Å²) in [5.41, 5.74) is 1.96. The van der Waals surface area contributed by atoms with E-state index < -0.39 is 22.9 Å². The van der Waals surface area contributed by atoms with E-state index in [1.807, 2.05) is 43.1 Å². The number of esters is 2. The van der Waals surface area contributed by atoms with Crippen LogP contribution in [0.25, 0.3) is 0 Å². The Morgan fingerprint density at radius 1 is 1.21 bits per heavy atom. The number of rotatable bonds is 7. The summed E-state index contributed by atoms with van der Waals surface area (Å²) < 4.78 is 5.10. The first kappa shape index (κ1) is 20.5. The molecule has 1 heterocycles. The van der Waals surface area contributed by atoms with E-state index in [-0.39, 0.29) is 23.7 Å². The highest BCUT2D eigenvalue weighted by Crippen LogP contribution is 2.25. The molecule has 152 valence electrons. The predicted molar refractivity (Wildman–Crippen MR) is 107 cm³/mol. The van der Waals surface area contributed by atoms with Crippen LogP contribution in [0.1, 0.15) is 11.1 Å². The van der Waals surface area contributed by atoms with Crippen molar-refractivity contribution in [3.63, 3.8) is 0 Å². The molecule has 1 atom stereocenters. The molecular weight excluding hydrogens is 374 g/mol. The second-order valence-electron chi connectivity index (χ2n) is 7.32. The molecular formula is C21H23N3O5. The van der Waals surface area contributed by atoms with Gasteiger partial charge in [0.25, 0.3) is 5.69 Å². The third kappa shape index (κ3) is 5.17. The summed E-state index contributed by atoms with van der Waals surface area (Å²) in [7, 11) is 1.88. The standard InChI is InChI=1S/C21H23N3O5/c1-14-7-9-15(10-8-14)11-18(21(26)29-20(25)16-12-23(2)13-16)22-17-5-3-4-6-19(17)24(27)28/h3-10,16,18,22H,11-13H2,1-2H3/t18-/m0/s1. The quantitative estimate of drug-likeness (QED) is 0.331. The van der Waals surface area contributed by atoms with Gasteiger partial charge < -0.3 is 15.0 Å². The number of nitrogens with one attached hydrogen (secondary N) is 1. The van der Waals surface area contributed by atoms with Gasteiger partial charge in [-0.25, -0.2) is 4.79 Å². The monoisotopic (exact) mass is 397 g/mol. The topological polar surface area (TPSA) is 102 Å².